The van der Waals surface area contributed by atoms with Crippen molar-refractivity contribution in [1.29, 1.82) is 0 Å². The Hall–Kier alpha value is -1.30. The lowest BCUT2D eigenvalue weighted by Crippen LogP contribution is -2.31. The van der Waals surface area contributed by atoms with E-state index in [9.17, 15) is 0 Å². The number of nitrogens with one attached hydrogen (secondary N) is 1. The molecule has 98 valence electrons. The van der Waals surface area contributed by atoms with Gasteiger partial charge in [0.15, 0.2) is 4.77 Å². The molecular weight excluding hydrogens is 280 g/mol. The molecule has 0 bridgehead atoms. The molecule has 1 N–H and O–H groups in total. The second-order valence-corrected chi connectivity index (χ2v) is 5.41. The molecule has 0 saturated heterocycles. The van der Waals surface area contributed by atoms with Gasteiger partial charge in [0.2, 0.25) is 0 Å². The maximum absolute atomic E-state index is 6.14. The number of rotatable bonds is 2. The maximum Gasteiger partial charge on any atom is 0.196 e. The zero-order valence-corrected chi connectivity index (χ0v) is 11.8. The minimum atomic E-state index is 0.560. The van der Waals surface area contributed by atoms with Gasteiger partial charge in [0.1, 0.15) is 0 Å². The second-order valence-electron chi connectivity index (χ2n) is 4.62. The van der Waals surface area contributed by atoms with Gasteiger partial charge in [-0.1, -0.05) is 11.6 Å². The summed E-state index contributed by atoms with van der Waals surface area (Å²) >= 11 is 11.2. The van der Waals surface area contributed by atoms with Crippen LogP contribution in [0.5, 0.6) is 0 Å². The van der Waals surface area contributed by atoms with Crippen LogP contribution in [0, 0.1) is 4.77 Å². The largest absolute Gasteiger partial charge is 0.334 e. The summed E-state index contributed by atoms with van der Waals surface area (Å²) in [6.07, 6.45) is 6.30. The molecule has 0 atom stereocenters. The van der Waals surface area contributed by atoms with Gasteiger partial charge in [-0.3, -0.25) is 9.88 Å². The van der Waals surface area contributed by atoms with Crippen LogP contribution in [0.25, 0.3) is 0 Å². The molecule has 6 heteroatoms. The van der Waals surface area contributed by atoms with Crippen molar-refractivity contribution < 1.29 is 0 Å². The first kappa shape index (κ1) is 12.7. The average Bonchev–Trinajstić information content (AvgIpc) is 2.41. The number of hydrogen-bond acceptors (Lipinski definition) is 4. The third kappa shape index (κ3) is 2.83. The number of aromatic amines is 1. The van der Waals surface area contributed by atoms with Crippen molar-refractivity contribution in [3.8, 4) is 0 Å². The first-order valence-corrected chi connectivity index (χ1v) is 6.89. The summed E-state index contributed by atoms with van der Waals surface area (Å²) in [5.41, 5.74) is 3.53. The molecule has 2 aromatic rings. The van der Waals surface area contributed by atoms with Crippen LogP contribution in [0.2, 0.25) is 5.02 Å². The van der Waals surface area contributed by atoms with Crippen molar-refractivity contribution >= 4 is 23.8 Å². The highest BCUT2D eigenvalue weighted by molar-refractivity contribution is 7.71. The molecule has 3 rings (SSSR count). The van der Waals surface area contributed by atoms with Crippen molar-refractivity contribution in [2.45, 2.75) is 19.5 Å². The van der Waals surface area contributed by atoms with Crippen molar-refractivity contribution in [1.82, 2.24) is 19.9 Å². The van der Waals surface area contributed by atoms with E-state index in [4.69, 9.17) is 23.8 Å². The van der Waals surface area contributed by atoms with Crippen LogP contribution >= 0.6 is 23.8 Å². The first-order valence-electron chi connectivity index (χ1n) is 6.10. The van der Waals surface area contributed by atoms with Crippen molar-refractivity contribution in [3.63, 3.8) is 0 Å². The fraction of sp³-hybridized carbons (Fsp3) is 0.308. The minimum Gasteiger partial charge on any atom is -0.334 e. The van der Waals surface area contributed by atoms with Gasteiger partial charge in [-0.15, -0.1) is 0 Å². The molecule has 0 amide bonds. The minimum absolute atomic E-state index is 0.560. The lowest BCUT2D eigenvalue weighted by Gasteiger charge is -2.28. The molecule has 4 nitrogen and oxygen atoms in total. The Bertz CT molecular complexity index is 655. The molecule has 19 heavy (non-hydrogen) atoms. The van der Waals surface area contributed by atoms with E-state index in [1.807, 2.05) is 12.3 Å². The van der Waals surface area contributed by atoms with Crippen LogP contribution in [0.15, 0.2) is 24.7 Å². The molecule has 0 aromatic carbocycles. The van der Waals surface area contributed by atoms with E-state index in [1.165, 1.54) is 11.3 Å². The lowest BCUT2D eigenvalue weighted by molar-refractivity contribution is 0.242. The van der Waals surface area contributed by atoms with Gasteiger partial charge >= 0.3 is 0 Å². The molecule has 0 spiro atoms. The molecular formula is C13H13ClN4S. The van der Waals surface area contributed by atoms with E-state index < -0.39 is 0 Å². The topological polar surface area (TPSA) is 44.8 Å². The molecule has 0 saturated carbocycles. The van der Waals surface area contributed by atoms with Crippen molar-refractivity contribution in [2.75, 3.05) is 6.54 Å². The monoisotopic (exact) mass is 292 g/mol. The number of H-pyrrole nitrogens is 1. The van der Waals surface area contributed by atoms with E-state index >= 15 is 0 Å². The number of halogens is 1. The Morgan fingerprint density at radius 3 is 3.16 bits per heavy atom. The van der Waals surface area contributed by atoms with E-state index in [0.29, 0.717) is 4.77 Å². The van der Waals surface area contributed by atoms with Gasteiger partial charge in [0, 0.05) is 55.9 Å². The molecule has 0 radical (unpaired) electrons. The van der Waals surface area contributed by atoms with E-state index in [1.54, 1.807) is 12.4 Å². The van der Waals surface area contributed by atoms with Gasteiger partial charge in [-0.05, 0) is 23.8 Å². The van der Waals surface area contributed by atoms with Crippen LogP contribution < -0.4 is 0 Å². The Balaban J connectivity index is 1.78. The highest BCUT2D eigenvalue weighted by Crippen LogP contribution is 2.21. The third-order valence-electron chi connectivity index (χ3n) is 3.31. The predicted octanol–water partition coefficient (Wildman–Crippen LogP) is 2.75. The fourth-order valence-corrected chi connectivity index (χ4v) is 2.67. The molecule has 0 aliphatic carbocycles. The predicted molar refractivity (Wildman–Crippen MR) is 76.5 cm³/mol. The first-order chi connectivity index (χ1) is 9.22. The van der Waals surface area contributed by atoms with Crippen LogP contribution in [0.4, 0.5) is 0 Å². The molecule has 2 aromatic heterocycles. The Labute approximate surface area is 121 Å². The fourth-order valence-electron chi connectivity index (χ4n) is 2.31. The number of fused-ring (bicyclic) bond motifs is 1. The van der Waals surface area contributed by atoms with Crippen LogP contribution in [0.1, 0.15) is 16.8 Å². The van der Waals surface area contributed by atoms with Crippen molar-refractivity contribution in [3.05, 3.63) is 51.3 Å². The number of nitrogens with zero attached hydrogens (tertiary/aromatic N) is 3. The second kappa shape index (κ2) is 5.36. The van der Waals surface area contributed by atoms with Crippen LogP contribution in [-0.2, 0) is 19.5 Å². The maximum atomic E-state index is 6.14. The van der Waals surface area contributed by atoms with Gasteiger partial charge in [0.05, 0.1) is 5.02 Å². The summed E-state index contributed by atoms with van der Waals surface area (Å²) in [4.78, 5) is 13.7. The molecule has 3 heterocycles. The van der Waals surface area contributed by atoms with Gasteiger partial charge in [0.25, 0.3) is 0 Å². The SMILES string of the molecule is S=c1ncc2c([nH]1)CCN(Cc1ccncc1Cl)C2. The summed E-state index contributed by atoms with van der Waals surface area (Å²) in [5, 5.41) is 0.721. The van der Waals surface area contributed by atoms with E-state index in [-0.39, 0.29) is 0 Å². The summed E-state index contributed by atoms with van der Waals surface area (Å²) in [7, 11) is 0. The van der Waals surface area contributed by atoms with Gasteiger partial charge in [-0.25, -0.2) is 4.98 Å². The smallest absolute Gasteiger partial charge is 0.196 e. The number of pyridine rings is 1. The Kier molecular flexibility index (Phi) is 3.59. The molecule has 1 aliphatic heterocycles. The zero-order valence-electron chi connectivity index (χ0n) is 10.3. The summed E-state index contributed by atoms with van der Waals surface area (Å²) in [6.45, 7) is 2.68. The molecule has 1 aliphatic rings. The van der Waals surface area contributed by atoms with Crippen LogP contribution in [0.3, 0.4) is 0 Å². The summed E-state index contributed by atoms with van der Waals surface area (Å²) in [6, 6.07) is 1.97. The number of aromatic nitrogens is 3. The average molecular weight is 293 g/mol. The van der Waals surface area contributed by atoms with E-state index in [0.717, 1.165) is 36.6 Å². The third-order valence-corrected chi connectivity index (χ3v) is 3.85. The van der Waals surface area contributed by atoms with E-state index in [2.05, 4.69) is 19.9 Å². The van der Waals surface area contributed by atoms with Crippen LogP contribution in [-0.4, -0.2) is 26.4 Å². The van der Waals surface area contributed by atoms with Crippen molar-refractivity contribution in [2.24, 2.45) is 0 Å². The quantitative estimate of drug-likeness (QED) is 0.865. The van der Waals surface area contributed by atoms with Gasteiger partial charge < -0.3 is 4.98 Å². The highest BCUT2D eigenvalue weighted by atomic mass is 35.5. The summed E-state index contributed by atoms with van der Waals surface area (Å²) in [5.74, 6) is 0. The Morgan fingerprint density at radius 2 is 2.32 bits per heavy atom. The van der Waals surface area contributed by atoms with Gasteiger partial charge in [-0.2, -0.15) is 0 Å². The zero-order chi connectivity index (χ0) is 13.2. The normalized spacial score (nSPS) is 15.2. The lowest BCUT2D eigenvalue weighted by atomic mass is 10.1. The standard InChI is InChI=1S/C13H13ClN4S/c14-11-6-15-3-1-9(11)7-18-4-2-12-10(8-18)5-16-13(19)17-12/h1,3,5-6H,2,4,7-8H2,(H,16,17,19). The summed E-state index contributed by atoms with van der Waals surface area (Å²) < 4.78 is 0.560. The molecule has 0 unspecified atom stereocenters. The Morgan fingerprint density at radius 1 is 1.42 bits per heavy atom. The highest BCUT2D eigenvalue weighted by Gasteiger charge is 2.17. The number of hydrogen-bond donors (Lipinski definition) is 1. The molecule has 0 fully saturated rings.